The van der Waals surface area contributed by atoms with Gasteiger partial charge in [-0.2, -0.15) is 0 Å². The second-order valence-corrected chi connectivity index (χ2v) is 6.93. The molecule has 1 fully saturated rings. The van der Waals surface area contributed by atoms with Crippen LogP contribution in [0.5, 0.6) is 5.75 Å². The number of nitrogens with one attached hydrogen (secondary N) is 1. The van der Waals surface area contributed by atoms with Gasteiger partial charge in [0.15, 0.2) is 0 Å². The fraction of sp³-hybridized carbons (Fsp3) is 0.632. The summed E-state index contributed by atoms with van der Waals surface area (Å²) >= 11 is 0. The van der Waals surface area contributed by atoms with E-state index in [-0.39, 0.29) is 5.91 Å². The van der Waals surface area contributed by atoms with Crippen LogP contribution in [-0.4, -0.2) is 44.1 Å². The van der Waals surface area contributed by atoms with E-state index in [2.05, 4.69) is 24.1 Å². The number of ether oxygens (including phenoxy) is 1. The van der Waals surface area contributed by atoms with Crippen LogP contribution in [0.25, 0.3) is 0 Å². The fourth-order valence-corrected chi connectivity index (χ4v) is 3.50. The highest BCUT2D eigenvalue weighted by Gasteiger charge is 2.20. The molecule has 0 aromatic heterocycles. The minimum absolute atomic E-state index is 0.0931. The second kappa shape index (κ2) is 8.92. The summed E-state index contributed by atoms with van der Waals surface area (Å²) in [5.74, 6) is 2.50. The Labute approximate surface area is 140 Å². The van der Waals surface area contributed by atoms with Crippen LogP contribution in [0.1, 0.15) is 32.3 Å². The molecule has 4 nitrogen and oxygen atoms in total. The third-order valence-electron chi connectivity index (χ3n) is 4.44. The van der Waals surface area contributed by atoms with Gasteiger partial charge in [0.2, 0.25) is 5.91 Å². The maximum atomic E-state index is 12.0. The first kappa shape index (κ1) is 17.8. The molecule has 4 heteroatoms. The summed E-state index contributed by atoms with van der Waals surface area (Å²) in [5.41, 5.74) is 1.02. The lowest BCUT2D eigenvalue weighted by Crippen LogP contribution is -2.40. The summed E-state index contributed by atoms with van der Waals surface area (Å²) in [7, 11) is 1.64. The van der Waals surface area contributed by atoms with Crippen molar-refractivity contribution in [2.45, 2.75) is 33.1 Å². The van der Waals surface area contributed by atoms with Crippen molar-refractivity contribution >= 4 is 5.91 Å². The van der Waals surface area contributed by atoms with Crippen molar-refractivity contribution in [3.63, 3.8) is 0 Å². The van der Waals surface area contributed by atoms with Crippen LogP contribution < -0.4 is 10.1 Å². The molecule has 1 heterocycles. The van der Waals surface area contributed by atoms with Gasteiger partial charge in [-0.25, -0.2) is 0 Å². The van der Waals surface area contributed by atoms with Crippen LogP contribution in [0.15, 0.2) is 24.3 Å². The Morgan fingerprint density at radius 1 is 1.22 bits per heavy atom. The maximum Gasteiger partial charge on any atom is 0.224 e. The van der Waals surface area contributed by atoms with E-state index in [1.54, 1.807) is 7.11 Å². The number of methoxy groups -OCH3 is 1. The molecule has 2 atom stereocenters. The van der Waals surface area contributed by atoms with Gasteiger partial charge in [0.25, 0.3) is 0 Å². The van der Waals surface area contributed by atoms with Crippen LogP contribution in [0.2, 0.25) is 0 Å². The zero-order valence-corrected chi connectivity index (χ0v) is 14.7. The van der Waals surface area contributed by atoms with Gasteiger partial charge in [-0.1, -0.05) is 26.0 Å². The topological polar surface area (TPSA) is 41.6 Å². The van der Waals surface area contributed by atoms with Gasteiger partial charge in [0.05, 0.1) is 13.5 Å². The molecule has 128 valence electrons. The smallest absolute Gasteiger partial charge is 0.224 e. The number of benzene rings is 1. The standard InChI is InChI=1S/C19H30N2O2/c1-15-11-16(2)14-21(13-15)10-4-9-20-19(22)12-17-5-7-18(23-3)8-6-17/h5-8,15-16H,4,9-14H2,1-3H3,(H,20,22)/t15-,16-/m0/s1. The number of carbonyl (C=O) groups excluding carboxylic acids is 1. The Morgan fingerprint density at radius 2 is 1.87 bits per heavy atom. The van der Waals surface area contributed by atoms with Crippen molar-refractivity contribution in [2.75, 3.05) is 33.3 Å². The second-order valence-electron chi connectivity index (χ2n) is 6.93. The average molecular weight is 318 g/mol. The van der Waals surface area contributed by atoms with Crippen LogP contribution in [0, 0.1) is 11.8 Å². The summed E-state index contributed by atoms with van der Waals surface area (Å²) < 4.78 is 5.12. The van der Waals surface area contributed by atoms with Crippen molar-refractivity contribution in [2.24, 2.45) is 11.8 Å². The van der Waals surface area contributed by atoms with E-state index in [1.165, 1.54) is 19.5 Å². The molecular weight excluding hydrogens is 288 g/mol. The van der Waals surface area contributed by atoms with E-state index in [0.717, 1.165) is 42.7 Å². The minimum Gasteiger partial charge on any atom is -0.497 e. The van der Waals surface area contributed by atoms with Crippen LogP contribution in [-0.2, 0) is 11.2 Å². The van der Waals surface area contributed by atoms with Gasteiger partial charge in [-0.15, -0.1) is 0 Å². The van der Waals surface area contributed by atoms with Crippen molar-refractivity contribution in [3.05, 3.63) is 29.8 Å². The van der Waals surface area contributed by atoms with E-state index >= 15 is 0 Å². The Kier molecular flexibility index (Phi) is 6.90. The van der Waals surface area contributed by atoms with E-state index in [0.29, 0.717) is 6.42 Å². The lowest BCUT2D eigenvalue weighted by molar-refractivity contribution is -0.120. The normalized spacial score (nSPS) is 21.9. The number of likely N-dealkylation sites (tertiary alicyclic amines) is 1. The van der Waals surface area contributed by atoms with Crippen molar-refractivity contribution in [3.8, 4) is 5.75 Å². The van der Waals surface area contributed by atoms with Crippen molar-refractivity contribution < 1.29 is 9.53 Å². The summed E-state index contributed by atoms with van der Waals surface area (Å²) in [6.07, 6.45) is 2.80. The first-order valence-corrected chi connectivity index (χ1v) is 8.68. The van der Waals surface area contributed by atoms with E-state index < -0.39 is 0 Å². The molecule has 0 unspecified atom stereocenters. The van der Waals surface area contributed by atoms with Crippen molar-refractivity contribution in [1.82, 2.24) is 10.2 Å². The predicted molar refractivity (Wildman–Crippen MR) is 93.7 cm³/mol. The lowest BCUT2D eigenvalue weighted by Gasteiger charge is -2.34. The van der Waals surface area contributed by atoms with Gasteiger partial charge in [-0.05, 0) is 48.9 Å². The highest BCUT2D eigenvalue weighted by Crippen LogP contribution is 2.20. The van der Waals surface area contributed by atoms with E-state index in [4.69, 9.17) is 4.74 Å². The molecule has 0 saturated carbocycles. The highest BCUT2D eigenvalue weighted by atomic mass is 16.5. The zero-order valence-electron chi connectivity index (χ0n) is 14.7. The first-order chi connectivity index (χ1) is 11.1. The first-order valence-electron chi connectivity index (χ1n) is 8.68. The molecule has 23 heavy (non-hydrogen) atoms. The highest BCUT2D eigenvalue weighted by molar-refractivity contribution is 5.78. The number of rotatable bonds is 7. The van der Waals surface area contributed by atoms with Crippen LogP contribution in [0.4, 0.5) is 0 Å². The largest absolute Gasteiger partial charge is 0.497 e. The molecule has 0 spiro atoms. The maximum absolute atomic E-state index is 12.0. The summed E-state index contributed by atoms with van der Waals surface area (Å²) in [6.45, 7) is 8.90. The third-order valence-corrected chi connectivity index (χ3v) is 4.44. The van der Waals surface area contributed by atoms with Crippen LogP contribution in [0.3, 0.4) is 0 Å². The molecule has 1 aromatic rings. The summed E-state index contributed by atoms with van der Waals surface area (Å²) in [4.78, 5) is 14.5. The van der Waals surface area contributed by atoms with Gasteiger partial charge in [-0.3, -0.25) is 4.79 Å². The molecule has 1 aliphatic heterocycles. The molecule has 0 radical (unpaired) electrons. The summed E-state index contributed by atoms with van der Waals surface area (Å²) in [5, 5.41) is 3.02. The monoisotopic (exact) mass is 318 g/mol. The lowest BCUT2D eigenvalue weighted by atomic mass is 9.92. The number of nitrogens with zero attached hydrogens (tertiary/aromatic N) is 1. The van der Waals surface area contributed by atoms with E-state index in [1.807, 2.05) is 24.3 Å². The van der Waals surface area contributed by atoms with Gasteiger partial charge >= 0.3 is 0 Å². The summed E-state index contributed by atoms with van der Waals surface area (Å²) in [6, 6.07) is 7.66. The number of carbonyl (C=O) groups is 1. The number of hydrogen-bond acceptors (Lipinski definition) is 3. The van der Waals surface area contributed by atoms with E-state index in [9.17, 15) is 4.79 Å². The molecule has 1 aromatic carbocycles. The van der Waals surface area contributed by atoms with Gasteiger partial charge in [0.1, 0.15) is 5.75 Å². The molecule has 1 aliphatic rings. The SMILES string of the molecule is COc1ccc(CC(=O)NCCCN2C[C@@H](C)C[C@H](C)C2)cc1. The molecular formula is C19H30N2O2. The number of amides is 1. The quantitative estimate of drug-likeness (QED) is 0.786. The van der Waals surface area contributed by atoms with Crippen molar-refractivity contribution in [1.29, 1.82) is 0 Å². The third kappa shape index (κ3) is 6.22. The van der Waals surface area contributed by atoms with Crippen LogP contribution >= 0.6 is 0 Å². The molecule has 1 N–H and O–H groups in total. The Morgan fingerprint density at radius 3 is 2.48 bits per heavy atom. The Hall–Kier alpha value is -1.55. The Bertz CT molecular complexity index is 477. The fourth-order valence-electron chi connectivity index (χ4n) is 3.50. The molecule has 1 saturated heterocycles. The van der Waals surface area contributed by atoms with Gasteiger partial charge < -0.3 is 15.0 Å². The molecule has 0 aliphatic carbocycles. The minimum atomic E-state index is 0.0931. The Balaban J connectivity index is 1.62. The number of hydrogen-bond donors (Lipinski definition) is 1. The van der Waals surface area contributed by atoms with Gasteiger partial charge in [0, 0.05) is 19.6 Å². The molecule has 1 amide bonds. The molecule has 2 rings (SSSR count). The average Bonchev–Trinajstić information content (AvgIpc) is 2.51. The number of piperidine rings is 1. The zero-order chi connectivity index (χ0) is 16.7. The molecule has 0 bridgehead atoms. The predicted octanol–water partition coefficient (Wildman–Crippen LogP) is 2.72.